The van der Waals surface area contributed by atoms with E-state index in [0.717, 1.165) is 21.3 Å². The van der Waals surface area contributed by atoms with Crippen LogP contribution in [-0.2, 0) is 0 Å². The van der Waals surface area contributed by atoms with E-state index in [0.29, 0.717) is 5.02 Å². The van der Waals surface area contributed by atoms with Crippen LogP contribution in [0.3, 0.4) is 0 Å². The van der Waals surface area contributed by atoms with E-state index in [-0.39, 0.29) is 0 Å². The van der Waals surface area contributed by atoms with Gasteiger partial charge >= 0.3 is 0 Å². The first-order valence-corrected chi connectivity index (χ1v) is 6.16. The van der Waals surface area contributed by atoms with Crippen LogP contribution >= 0.6 is 27.5 Å². The van der Waals surface area contributed by atoms with Gasteiger partial charge in [-0.25, -0.2) is 9.97 Å². The normalized spacial score (nSPS) is 10.9. The van der Waals surface area contributed by atoms with Gasteiger partial charge in [-0.1, -0.05) is 23.7 Å². The van der Waals surface area contributed by atoms with E-state index in [1.165, 1.54) is 0 Å². The van der Waals surface area contributed by atoms with Crippen molar-refractivity contribution >= 4 is 38.6 Å². The largest absolute Gasteiger partial charge is 0.282 e. The summed E-state index contributed by atoms with van der Waals surface area (Å²) in [4.78, 5) is 8.64. The molecule has 0 spiro atoms. The van der Waals surface area contributed by atoms with Gasteiger partial charge < -0.3 is 0 Å². The van der Waals surface area contributed by atoms with Crippen LogP contribution in [-0.4, -0.2) is 14.5 Å². The average Bonchev–Trinajstić information content (AvgIpc) is 2.73. The summed E-state index contributed by atoms with van der Waals surface area (Å²) < 4.78 is 2.77. The van der Waals surface area contributed by atoms with Crippen molar-refractivity contribution in [1.82, 2.24) is 14.5 Å². The van der Waals surface area contributed by atoms with Crippen LogP contribution in [0.1, 0.15) is 0 Å². The Bertz CT molecular complexity index is 693. The molecule has 3 rings (SSSR count). The van der Waals surface area contributed by atoms with Crippen molar-refractivity contribution in [3.8, 4) is 5.82 Å². The van der Waals surface area contributed by atoms with Gasteiger partial charge in [0.1, 0.15) is 6.33 Å². The van der Waals surface area contributed by atoms with E-state index >= 15 is 0 Å². The lowest BCUT2D eigenvalue weighted by Crippen LogP contribution is -1.96. The number of aromatic nitrogens is 3. The Hall–Kier alpha value is -1.39. The second-order valence-corrected chi connectivity index (χ2v) is 4.85. The standard InChI is InChI=1S/C12H7BrClN3/c13-9-5-8(14)6-15-12(9)17-7-16-10-3-1-2-4-11(10)17/h1-7H. The fourth-order valence-electron chi connectivity index (χ4n) is 1.71. The summed E-state index contributed by atoms with van der Waals surface area (Å²) in [5.41, 5.74) is 1.96. The Labute approximate surface area is 111 Å². The van der Waals surface area contributed by atoms with Gasteiger partial charge in [-0.05, 0) is 34.1 Å². The van der Waals surface area contributed by atoms with Crippen LogP contribution in [0, 0.1) is 0 Å². The fraction of sp³-hybridized carbons (Fsp3) is 0. The zero-order chi connectivity index (χ0) is 11.8. The third kappa shape index (κ3) is 1.83. The number of pyridine rings is 1. The summed E-state index contributed by atoms with van der Waals surface area (Å²) in [6.45, 7) is 0. The van der Waals surface area contributed by atoms with Crippen molar-refractivity contribution < 1.29 is 0 Å². The maximum Gasteiger partial charge on any atom is 0.152 e. The predicted octanol–water partition coefficient (Wildman–Crippen LogP) is 3.84. The molecular weight excluding hydrogens is 302 g/mol. The molecule has 0 aliphatic carbocycles. The third-order valence-corrected chi connectivity index (χ3v) is 3.26. The third-order valence-electron chi connectivity index (χ3n) is 2.47. The van der Waals surface area contributed by atoms with Crippen LogP contribution in [0.5, 0.6) is 0 Å². The van der Waals surface area contributed by atoms with E-state index in [4.69, 9.17) is 11.6 Å². The Kier molecular flexibility index (Phi) is 2.61. The molecule has 0 atom stereocenters. The van der Waals surface area contributed by atoms with Gasteiger partial charge in [-0.3, -0.25) is 4.57 Å². The molecule has 2 heterocycles. The van der Waals surface area contributed by atoms with Crippen molar-refractivity contribution in [2.24, 2.45) is 0 Å². The molecule has 0 N–H and O–H groups in total. The van der Waals surface area contributed by atoms with E-state index in [2.05, 4.69) is 25.9 Å². The Morgan fingerprint density at radius 2 is 2.00 bits per heavy atom. The average molecular weight is 309 g/mol. The van der Waals surface area contributed by atoms with Gasteiger partial charge in [0, 0.05) is 6.20 Å². The quantitative estimate of drug-likeness (QED) is 0.684. The number of para-hydroxylation sites is 2. The number of imidazole rings is 1. The van der Waals surface area contributed by atoms with Crippen molar-refractivity contribution in [3.05, 3.63) is 52.4 Å². The summed E-state index contributed by atoms with van der Waals surface area (Å²) in [6.07, 6.45) is 3.38. The highest BCUT2D eigenvalue weighted by atomic mass is 79.9. The number of halogens is 2. The highest BCUT2D eigenvalue weighted by Gasteiger charge is 2.08. The second-order valence-electron chi connectivity index (χ2n) is 3.56. The minimum absolute atomic E-state index is 0.602. The molecule has 0 saturated carbocycles. The van der Waals surface area contributed by atoms with E-state index < -0.39 is 0 Å². The fourth-order valence-corrected chi connectivity index (χ4v) is 2.54. The Morgan fingerprint density at radius 1 is 1.18 bits per heavy atom. The lowest BCUT2D eigenvalue weighted by atomic mass is 10.3. The Balaban J connectivity index is 2.27. The minimum Gasteiger partial charge on any atom is -0.282 e. The zero-order valence-electron chi connectivity index (χ0n) is 8.64. The van der Waals surface area contributed by atoms with Crippen LogP contribution in [0.4, 0.5) is 0 Å². The number of rotatable bonds is 1. The highest BCUT2D eigenvalue weighted by molar-refractivity contribution is 9.10. The maximum absolute atomic E-state index is 5.88. The molecule has 1 aromatic carbocycles. The summed E-state index contributed by atoms with van der Waals surface area (Å²) in [5, 5.41) is 0.602. The van der Waals surface area contributed by atoms with E-state index in [9.17, 15) is 0 Å². The van der Waals surface area contributed by atoms with Crippen LogP contribution in [0.25, 0.3) is 16.9 Å². The molecule has 3 nitrogen and oxygen atoms in total. The second kappa shape index (κ2) is 4.13. The van der Waals surface area contributed by atoms with E-state index in [1.54, 1.807) is 12.5 Å². The van der Waals surface area contributed by atoms with Gasteiger partial charge in [-0.2, -0.15) is 0 Å². The first-order valence-electron chi connectivity index (χ1n) is 4.99. The lowest BCUT2D eigenvalue weighted by molar-refractivity contribution is 1.01. The smallest absolute Gasteiger partial charge is 0.152 e. The minimum atomic E-state index is 0.602. The molecule has 0 saturated heterocycles. The van der Waals surface area contributed by atoms with Crippen molar-refractivity contribution in [3.63, 3.8) is 0 Å². The van der Waals surface area contributed by atoms with Crippen LogP contribution in [0.2, 0.25) is 5.02 Å². The van der Waals surface area contributed by atoms with Crippen molar-refractivity contribution in [2.45, 2.75) is 0 Å². The molecule has 17 heavy (non-hydrogen) atoms. The lowest BCUT2D eigenvalue weighted by Gasteiger charge is -2.05. The first-order chi connectivity index (χ1) is 8.25. The zero-order valence-corrected chi connectivity index (χ0v) is 11.0. The van der Waals surface area contributed by atoms with E-state index in [1.807, 2.05) is 34.9 Å². The number of fused-ring (bicyclic) bond motifs is 1. The van der Waals surface area contributed by atoms with Crippen molar-refractivity contribution in [2.75, 3.05) is 0 Å². The molecule has 3 aromatic rings. The molecule has 84 valence electrons. The molecule has 0 unspecified atom stereocenters. The van der Waals surface area contributed by atoms with Gasteiger partial charge in [0.25, 0.3) is 0 Å². The molecule has 0 amide bonds. The molecule has 0 aliphatic heterocycles. The van der Waals surface area contributed by atoms with Crippen LogP contribution < -0.4 is 0 Å². The molecule has 0 aliphatic rings. The summed E-state index contributed by atoms with van der Waals surface area (Å²) in [7, 11) is 0. The molecule has 5 heteroatoms. The van der Waals surface area contributed by atoms with Crippen LogP contribution in [0.15, 0.2) is 47.3 Å². The first kappa shape index (κ1) is 10.7. The maximum atomic E-state index is 5.88. The molecule has 0 fully saturated rings. The van der Waals surface area contributed by atoms with Gasteiger partial charge in [0.05, 0.1) is 20.5 Å². The van der Waals surface area contributed by atoms with Gasteiger partial charge in [0.2, 0.25) is 0 Å². The van der Waals surface area contributed by atoms with Gasteiger partial charge in [0.15, 0.2) is 5.82 Å². The number of hydrogen-bond donors (Lipinski definition) is 0. The highest BCUT2D eigenvalue weighted by Crippen LogP contribution is 2.25. The van der Waals surface area contributed by atoms with Crippen molar-refractivity contribution in [1.29, 1.82) is 0 Å². The molecule has 2 aromatic heterocycles. The monoisotopic (exact) mass is 307 g/mol. The molecule has 0 bridgehead atoms. The number of hydrogen-bond acceptors (Lipinski definition) is 2. The topological polar surface area (TPSA) is 30.7 Å². The molecular formula is C12H7BrClN3. The number of nitrogens with zero attached hydrogens (tertiary/aromatic N) is 3. The Morgan fingerprint density at radius 3 is 2.82 bits per heavy atom. The summed E-state index contributed by atoms with van der Waals surface area (Å²) in [5.74, 6) is 0.781. The number of benzene rings is 1. The SMILES string of the molecule is Clc1cnc(-n2cnc3ccccc32)c(Br)c1. The van der Waals surface area contributed by atoms with Gasteiger partial charge in [-0.15, -0.1) is 0 Å². The summed E-state index contributed by atoms with van der Waals surface area (Å²) in [6, 6.07) is 9.73. The predicted molar refractivity (Wildman–Crippen MR) is 71.6 cm³/mol. The molecule has 0 radical (unpaired) electrons. The summed E-state index contributed by atoms with van der Waals surface area (Å²) >= 11 is 9.34.